The lowest BCUT2D eigenvalue weighted by Gasteiger charge is -2.03. The Morgan fingerprint density at radius 1 is 1.43 bits per heavy atom. The van der Waals surface area contributed by atoms with Crippen molar-refractivity contribution in [1.82, 2.24) is 0 Å². The van der Waals surface area contributed by atoms with Gasteiger partial charge in [0.05, 0.1) is 11.4 Å². The Labute approximate surface area is 95.8 Å². The van der Waals surface area contributed by atoms with Crippen LogP contribution in [0.25, 0.3) is 0 Å². The van der Waals surface area contributed by atoms with Crippen molar-refractivity contribution < 1.29 is 4.79 Å². The highest BCUT2D eigenvalue weighted by atomic mass is 79.9. The van der Waals surface area contributed by atoms with E-state index in [-0.39, 0.29) is 17.3 Å². The van der Waals surface area contributed by atoms with Gasteiger partial charge in [-0.1, -0.05) is 28.1 Å². The number of anilines is 1. The van der Waals surface area contributed by atoms with Crippen molar-refractivity contribution in [3.05, 3.63) is 28.7 Å². The molecule has 1 amide bonds. The maximum Gasteiger partial charge on any atom is 0.231 e. The van der Waals surface area contributed by atoms with Crippen molar-refractivity contribution in [2.45, 2.75) is 6.42 Å². The van der Waals surface area contributed by atoms with E-state index >= 15 is 0 Å². The number of amides is 1. The molecule has 0 atom stereocenters. The molecule has 1 rings (SSSR count). The predicted molar refractivity (Wildman–Crippen MR) is 64.2 cm³/mol. The van der Waals surface area contributed by atoms with E-state index in [2.05, 4.69) is 33.5 Å². The lowest BCUT2D eigenvalue weighted by molar-refractivity contribution is -0.115. The zero-order chi connectivity index (χ0) is 10.6. The minimum absolute atomic E-state index is 0.0748. The first-order chi connectivity index (χ1) is 6.58. The first-order valence-electron chi connectivity index (χ1n) is 3.91. The second-order valence-corrected chi connectivity index (χ2v) is 4.14. The van der Waals surface area contributed by atoms with E-state index < -0.39 is 0 Å². The van der Waals surface area contributed by atoms with Crippen LogP contribution < -0.4 is 11.1 Å². The molecule has 0 heterocycles. The van der Waals surface area contributed by atoms with Crippen LogP contribution >= 0.6 is 28.1 Å². The summed E-state index contributed by atoms with van der Waals surface area (Å²) in [5, 5.41) is 2.67. The molecule has 0 bridgehead atoms. The molecule has 0 aliphatic carbocycles. The van der Waals surface area contributed by atoms with Gasteiger partial charge in [0.15, 0.2) is 0 Å². The van der Waals surface area contributed by atoms with Crippen molar-refractivity contribution in [2.24, 2.45) is 5.73 Å². The number of hydrogen-bond acceptors (Lipinski definition) is 2. The fourth-order valence-corrected chi connectivity index (χ4v) is 1.29. The highest BCUT2D eigenvalue weighted by molar-refractivity contribution is 9.10. The number of halogens is 1. The third-order valence-electron chi connectivity index (χ3n) is 1.46. The average Bonchev–Trinajstić information content (AvgIpc) is 2.07. The molecule has 74 valence electrons. The summed E-state index contributed by atoms with van der Waals surface area (Å²) in [6.45, 7) is 0. The van der Waals surface area contributed by atoms with Crippen LogP contribution in [0.1, 0.15) is 6.42 Å². The van der Waals surface area contributed by atoms with Gasteiger partial charge in [-0.25, -0.2) is 0 Å². The van der Waals surface area contributed by atoms with Crippen molar-refractivity contribution in [3.8, 4) is 0 Å². The second-order valence-electron chi connectivity index (χ2n) is 2.70. The molecule has 3 nitrogen and oxygen atoms in total. The average molecular weight is 273 g/mol. The summed E-state index contributed by atoms with van der Waals surface area (Å²) in [6.07, 6.45) is 0.0748. The summed E-state index contributed by atoms with van der Waals surface area (Å²) in [5.41, 5.74) is 5.97. The normalized spacial score (nSPS) is 9.50. The Morgan fingerprint density at radius 2 is 2.00 bits per heavy atom. The van der Waals surface area contributed by atoms with E-state index in [0.29, 0.717) is 0 Å². The molecule has 0 spiro atoms. The Kier molecular flexibility index (Phi) is 4.03. The van der Waals surface area contributed by atoms with Crippen molar-refractivity contribution in [1.29, 1.82) is 0 Å². The number of carbonyl (C=O) groups excluding carboxylic acids is 1. The summed E-state index contributed by atoms with van der Waals surface area (Å²) in [7, 11) is 0. The van der Waals surface area contributed by atoms with E-state index in [0.717, 1.165) is 10.2 Å². The second kappa shape index (κ2) is 5.07. The molecule has 0 saturated carbocycles. The molecular weight excluding hydrogens is 264 g/mol. The van der Waals surface area contributed by atoms with E-state index in [9.17, 15) is 4.79 Å². The molecular formula is C9H9BrN2OS. The summed E-state index contributed by atoms with van der Waals surface area (Å²) in [4.78, 5) is 11.4. The van der Waals surface area contributed by atoms with Gasteiger partial charge in [0.2, 0.25) is 5.91 Å². The van der Waals surface area contributed by atoms with Gasteiger partial charge < -0.3 is 11.1 Å². The maximum absolute atomic E-state index is 11.2. The van der Waals surface area contributed by atoms with Gasteiger partial charge in [-0.15, -0.1) is 0 Å². The zero-order valence-corrected chi connectivity index (χ0v) is 9.69. The quantitative estimate of drug-likeness (QED) is 0.829. The molecule has 3 N–H and O–H groups in total. The first-order valence-corrected chi connectivity index (χ1v) is 5.12. The Hall–Kier alpha value is -0.940. The molecule has 0 aliphatic rings. The van der Waals surface area contributed by atoms with E-state index in [1.807, 2.05) is 12.1 Å². The predicted octanol–water partition coefficient (Wildman–Crippen LogP) is 2.06. The topological polar surface area (TPSA) is 55.1 Å². The van der Waals surface area contributed by atoms with Crippen LogP contribution in [0.15, 0.2) is 28.7 Å². The SMILES string of the molecule is NC(=S)CC(=O)Nc1ccc(Br)cc1. The van der Waals surface area contributed by atoms with Crippen LogP contribution in [-0.2, 0) is 4.79 Å². The van der Waals surface area contributed by atoms with Crippen LogP contribution in [0.3, 0.4) is 0 Å². The Morgan fingerprint density at radius 3 is 2.50 bits per heavy atom. The number of thiocarbonyl (C=S) groups is 1. The summed E-state index contributed by atoms with van der Waals surface area (Å²) in [5.74, 6) is -0.195. The first kappa shape index (κ1) is 11.1. The van der Waals surface area contributed by atoms with Gasteiger partial charge in [0, 0.05) is 10.2 Å². The molecule has 1 aromatic rings. The maximum atomic E-state index is 11.2. The lowest BCUT2D eigenvalue weighted by Crippen LogP contribution is -2.19. The summed E-state index contributed by atoms with van der Waals surface area (Å²) in [6, 6.07) is 7.27. The van der Waals surface area contributed by atoms with Crippen LogP contribution in [-0.4, -0.2) is 10.9 Å². The zero-order valence-electron chi connectivity index (χ0n) is 7.29. The molecule has 1 aromatic carbocycles. The molecule has 0 saturated heterocycles. The van der Waals surface area contributed by atoms with Crippen molar-refractivity contribution >= 4 is 44.7 Å². The minimum Gasteiger partial charge on any atom is -0.393 e. The number of hydrogen-bond donors (Lipinski definition) is 2. The molecule has 0 aromatic heterocycles. The standard InChI is InChI=1S/C9H9BrN2OS/c10-6-1-3-7(4-2-6)12-9(13)5-8(11)14/h1-4H,5H2,(H2,11,14)(H,12,13). The number of rotatable bonds is 3. The molecule has 14 heavy (non-hydrogen) atoms. The van der Waals surface area contributed by atoms with Crippen LogP contribution in [0.4, 0.5) is 5.69 Å². The Balaban J connectivity index is 2.56. The molecule has 0 fully saturated rings. The van der Waals surface area contributed by atoms with E-state index in [4.69, 9.17) is 5.73 Å². The summed E-state index contributed by atoms with van der Waals surface area (Å²) >= 11 is 7.92. The molecule has 5 heteroatoms. The number of nitrogens with two attached hydrogens (primary N) is 1. The highest BCUT2D eigenvalue weighted by Gasteiger charge is 2.02. The third kappa shape index (κ3) is 3.85. The summed E-state index contributed by atoms with van der Waals surface area (Å²) < 4.78 is 0.963. The molecule has 0 unspecified atom stereocenters. The lowest BCUT2D eigenvalue weighted by atomic mass is 10.3. The minimum atomic E-state index is -0.195. The molecule has 0 radical (unpaired) electrons. The van der Waals surface area contributed by atoms with Gasteiger partial charge in [0.25, 0.3) is 0 Å². The number of nitrogens with one attached hydrogen (secondary N) is 1. The van der Waals surface area contributed by atoms with Crippen molar-refractivity contribution in [3.63, 3.8) is 0 Å². The van der Waals surface area contributed by atoms with Gasteiger partial charge in [-0.05, 0) is 24.3 Å². The van der Waals surface area contributed by atoms with Gasteiger partial charge >= 0.3 is 0 Å². The van der Waals surface area contributed by atoms with E-state index in [1.165, 1.54) is 0 Å². The monoisotopic (exact) mass is 272 g/mol. The fourth-order valence-electron chi connectivity index (χ4n) is 0.897. The van der Waals surface area contributed by atoms with Crippen LogP contribution in [0.5, 0.6) is 0 Å². The van der Waals surface area contributed by atoms with Crippen molar-refractivity contribution in [2.75, 3.05) is 5.32 Å². The van der Waals surface area contributed by atoms with E-state index in [1.54, 1.807) is 12.1 Å². The van der Waals surface area contributed by atoms with Crippen LogP contribution in [0.2, 0.25) is 0 Å². The molecule has 0 aliphatic heterocycles. The highest BCUT2D eigenvalue weighted by Crippen LogP contribution is 2.14. The smallest absolute Gasteiger partial charge is 0.231 e. The van der Waals surface area contributed by atoms with Gasteiger partial charge in [-0.3, -0.25) is 4.79 Å². The number of benzene rings is 1. The van der Waals surface area contributed by atoms with Gasteiger partial charge in [0.1, 0.15) is 0 Å². The van der Waals surface area contributed by atoms with Gasteiger partial charge in [-0.2, -0.15) is 0 Å². The number of carbonyl (C=O) groups is 1. The largest absolute Gasteiger partial charge is 0.393 e. The van der Waals surface area contributed by atoms with Crippen LogP contribution in [0, 0.1) is 0 Å². The Bertz CT molecular complexity index is 350. The fraction of sp³-hybridized carbons (Fsp3) is 0.111. The third-order valence-corrected chi connectivity index (χ3v) is 2.14.